The first-order chi connectivity index (χ1) is 7.25. The van der Waals surface area contributed by atoms with Gasteiger partial charge in [0.25, 0.3) is 0 Å². The maximum Gasteiger partial charge on any atom is 0.177 e. The van der Waals surface area contributed by atoms with Gasteiger partial charge in [0.2, 0.25) is 0 Å². The van der Waals surface area contributed by atoms with Crippen LogP contribution in [0.4, 0.5) is 0 Å². The number of nitrogens with one attached hydrogen (secondary N) is 1. The smallest absolute Gasteiger partial charge is 0.177 e. The van der Waals surface area contributed by atoms with Crippen LogP contribution in [0.3, 0.4) is 0 Å². The lowest BCUT2D eigenvalue weighted by Crippen LogP contribution is -2.48. The van der Waals surface area contributed by atoms with Crippen LogP contribution in [0.2, 0.25) is 0 Å². The van der Waals surface area contributed by atoms with E-state index in [9.17, 15) is 0 Å². The van der Waals surface area contributed by atoms with E-state index in [1.807, 2.05) is 12.1 Å². The molecule has 1 aliphatic carbocycles. The number of hydrogen-bond acceptors (Lipinski definition) is 3. The summed E-state index contributed by atoms with van der Waals surface area (Å²) in [5.41, 5.74) is 7.94. The molecule has 0 spiro atoms. The highest BCUT2D eigenvalue weighted by atomic mass is 15.0. The van der Waals surface area contributed by atoms with Crippen molar-refractivity contribution in [3.63, 3.8) is 0 Å². The Morgan fingerprint density at radius 3 is 3.00 bits per heavy atom. The second kappa shape index (κ2) is 3.03. The van der Waals surface area contributed by atoms with Crippen LogP contribution in [0.15, 0.2) is 18.3 Å². The summed E-state index contributed by atoms with van der Waals surface area (Å²) >= 11 is 0. The fourth-order valence-electron chi connectivity index (χ4n) is 2.12. The van der Waals surface area contributed by atoms with Gasteiger partial charge in [-0.1, -0.05) is 0 Å². The maximum atomic E-state index is 6.18. The molecule has 1 fully saturated rings. The number of hydrogen-bond donors (Lipinski definition) is 2. The molecule has 0 unspecified atom stereocenters. The van der Waals surface area contributed by atoms with E-state index in [4.69, 9.17) is 5.73 Å². The van der Waals surface area contributed by atoms with E-state index in [2.05, 4.69) is 15.0 Å². The lowest BCUT2D eigenvalue weighted by Gasteiger charge is -2.37. The van der Waals surface area contributed by atoms with Gasteiger partial charge in [-0.25, -0.2) is 9.97 Å². The summed E-state index contributed by atoms with van der Waals surface area (Å²) in [4.78, 5) is 11.9. The monoisotopic (exact) mass is 202 g/mol. The van der Waals surface area contributed by atoms with Crippen molar-refractivity contribution in [1.82, 2.24) is 15.0 Å². The molecule has 0 bridgehead atoms. The molecule has 0 aromatic carbocycles. The summed E-state index contributed by atoms with van der Waals surface area (Å²) in [7, 11) is 0. The molecule has 0 saturated heterocycles. The van der Waals surface area contributed by atoms with Crippen molar-refractivity contribution >= 4 is 11.2 Å². The standard InChI is InChI=1S/C11H14N4/c12-11(4-2-5-11)7-9-14-8-3-1-6-13-10(8)15-9/h1,3,6H,2,4-5,7,12H2,(H,13,14,15). The van der Waals surface area contributed by atoms with Crippen molar-refractivity contribution in [3.8, 4) is 0 Å². The summed E-state index contributed by atoms with van der Waals surface area (Å²) in [5, 5.41) is 0. The van der Waals surface area contributed by atoms with E-state index in [1.165, 1.54) is 6.42 Å². The molecule has 0 atom stereocenters. The number of aromatic nitrogens is 3. The fourth-order valence-corrected chi connectivity index (χ4v) is 2.12. The Kier molecular flexibility index (Phi) is 1.79. The summed E-state index contributed by atoms with van der Waals surface area (Å²) in [6.07, 6.45) is 6.06. The molecule has 4 nitrogen and oxygen atoms in total. The SMILES string of the molecule is NC1(Cc2nc3ncccc3[nH]2)CCC1. The van der Waals surface area contributed by atoms with Crippen molar-refractivity contribution < 1.29 is 0 Å². The van der Waals surface area contributed by atoms with Crippen LogP contribution in [0.5, 0.6) is 0 Å². The largest absolute Gasteiger partial charge is 0.341 e. The van der Waals surface area contributed by atoms with Crippen LogP contribution < -0.4 is 5.73 Å². The molecule has 2 aromatic heterocycles. The molecule has 1 saturated carbocycles. The third-order valence-corrected chi connectivity index (χ3v) is 3.18. The topological polar surface area (TPSA) is 67.6 Å². The highest BCUT2D eigenvalue weighted by Gasteiger charge is 2.33. The van der Waals surface area contributed by atoms with Crippen molar-refractivity contribution in [3.05, 3.63) is 24.2 Å². The van der Waals surface area contributed by atoms with Crippen LogP contribution >= 0.6 is 0 Å². The first-order valence-corrected chi connectivity index (χ1v) is 5.34. The minimum absolute atomic E-state index is 0.0200. The van der Waals surface area contributed by atoms with Gasteiger partial charge in [0.15, 0.2) is 5.65 Å². The third-order valence-electron chi connectivity index (χ3n) is 3.18. The van der Waals surface area contributed by atoms with Crippen molar-refractivity contribution in [2.24, 2.45) is 5.73 Å². The molecule has 1 aliphatic rings. The number of aromatic amines is 1. The first-order valence-electron chi connectivity index (χ1n) is 5.34. The van der Waals surface area contributed by atoms with Crippen molar-refractivity contribution in [2.75, 3.05) is 0 Å². The number of nitrogens with two attached hydrogens (primary N) is 1. The average molecular weight is 202 g/mol. The number of pyridine rings is 1. The third kappa shape index (κ3) is 1.51. The Morgan fingerprint density at radius 2 is 2.33 bits per heavy atom. The van der Waals surface area contributed by atoms with Gasteiger partial charge in [-0.3, -0.25) is 0 Å². The molecule has 4 heteroatoms. The molecule has 0 radical (unpaired) electrons. The van der Waals surface area contributed by atoms with Crippen LogP contribution in [-0.4, -0.2) is 20.5 Å². The van der Waals surface area contributed by atoms with Crippen LogP contribution in [0, 0.1) is 0 Å². The lowest BCUT2D eigenvalue weighted by atomic mass is 9.75. The Labute approximate surface area is 87.9 Å². The molecule has 15 heavy (non-hydrogen) atoms. The molecule has 2 aromatic rings. The summed E-state index contributed by atoms with van der Waals surface area (Å²) in [6.45, 7) is 0. The molecule has 3 N–H and O–H groups in total. The predicted octanol–water partition coefficient (Wildman–Crippen LogP) is 1.38. The Morgan fingerprint density at radius 1 is 1.47 bits per heavy atom. The Bertz CT molecular complexity index is 451. The Balaban J connectivity index is 1.91. The van der Waals surface area contributed by atoms with Crippen LogP contribution in [-0.2, 0) is 6.42 Å². The molecule has 0 aliphatic heterocycles. The van der Waals surface area contributed by atoms with Crippen molar-refractivity contribution in [2.45, 2.75) is 31.2 Å². The summed E-state index contributed by atoms with van der Waals surface area (Å²) in [5.74, 6) is 0.964. The number of rotatable bonds is 2. The van der Waals surface area contributed by atoms with Gasteiger partial charge in [0.1, 0.15) is 5.82 Å². The molecule has 3 rings (SSSR count). The van der Waals surface area contributed by atoms with E-state index >= 15 is 0 Å². The lowest BCUT2D eigenvalue weighted by molar-refractivity contribution is 0.244. The van der Waals surface area contributed by atoms with E-state index in [-0.39, 0.29) is 5.54 Å². The van der Waals surface area contributed by atoms with E-state index in [1.54, 1.807) is 6.20 Å². The number of H-pyrrole nitrogens is 1. The highest BCUT2D eigenvalue weighted by Crippen LogP contribution is 2.31. The van der Waals surface area contributed by atoms with E-state index in [0.717, 1.165) is 36.3 Å². The summed E-state index contributed by atoms with van der Waals surface area (Å²) < 4.78 is 0. The Hall–Kier alpha value is -1.42. The number of nitrogens with zero attached hydrogens (tertiary/aromatic N) is 2. The molecule has 78 valence electrons. The molecular weight excluding hydrogens is 188 g/mol. The van der Waals surface area contributed by atoms with Gasteiger partial charge >= 0.3 is 0 Å². The number of imidazole rings is 1. The second-order valence-electron chi connectivity index (χ2n) is 4.45. The van der Waals surface area contributed by atoms with Gasteiger partial charge in [-0.2, -0.15) is 0 Å². The normalized spacial score (nSPS) is 19.0. The van der Waals surface area contributed by atoms with Crippen LogP contribution in [0.1, 0.15) is 25.1 Å². The minimum atomic E-state index is -0.0200. The van der Waals surface area contributed by atoms with Gasteiger partial charge in [0.05, 0.1) is 5.52 Å². The fraction of sp³-hybridized carbons (Fsp3) is 0.455. The second-order valence-corrected chi connectivity index (χ2v) is 4.45. The van der Waals surface area contributed by atoms with E-state index < -0.39 is 0 Å². The number of fused-ring (bicyclic) bond motifs is 1. The van der Waals surface area contributed by atoms with Gasteiger partial charge in [-0.15, -0.1) is 0 Å². The maximum absolute atomic E-state index is 6.18. The van der Waals surface area contributed by atoms with Gasteiger partial charge in [-0.05, 0) is 31.4 Å². The molecule has 2 heterocycles. The summed E-state index contributed by atoms with van der Waals surface area (Å²) in [6, 6.07) is 3.90. The van der Waals surface area contributed by atoms with Gasteiger partial charge in [0, 0.05) is 18.2 Å². The molecule has 0 amide bonds. The minimum Gasteiger partial charge on any atom is -0.341 e. The van der Waals surface area contributed by atoms with Crippen molar-refractivity contribution in [1.29, 1.82) is 0 Å². The van der Waals surface area contributed by atoms with E-state index in [0.29, 0.717) is 0 Å². The first kappa shape index (κ1) is 8.85. The zero-order chi connectivity index (χ0) is 10.3. The van der Waals surface area contributed by atoms with Gasteiger partial charge < -0.3 is 10.7 Å². The quantitative estimate of drug-likeness (QED) is 0.773. The zero-order valence-electron chi connectivity index (χ0n) is 8.53. The predicted molar refractivity (Wildman–Crippen MR) is 58.4 cm³/mol. The van der Waals surface area contributed by atoms with Crippen LogP contribution in [0.25, 0.3) is 11.2 Å². The highest BCUT2D eigenvalue weighted by molar-refractivity contribution is 5.69. The average Bonchev–Trinajstić information content (AvgIpc) is 2.57. The molecular formula is C11H14N4. The zero-order valence-corrected chi connectivity index (χ0v) is 8.53.